The molecule has 0 radical (unpaired) electrons. The fourth-order valence-corrected chi connectivity index (χ4v) is 3.50. The Balaban J connectivity index is 1.83. The maximum absolute atomic E-state index is 5.86. The van der Waals surface area contributed by atoms with Crippen molar-refractivity contribution < 1.29 is 0 Å². The minimum absolute atomic E-state index is 0.523. The second-order valence-electron chi connectivity index (χ2n) is 5.84. The highest BCUT2D eigenvalue weighted by molar-refractivity contribution is 5.48. The lowest BCUT2D eigenvalue weighted by Gasteiger charge is -2.48. The van der Waals surface area contributed by atoms with E-state index in [0.29, 0.717) is 18.6 Å². The maximum atomic E-state index is 5.86. The summed E-state index contributed by atoms with van der Waals surface area (Å²) in [6, 6.07) is 5.31. The van der Waals surface area contributed by atoms with E-state index in [-0.39, 0.29) is 0 Å². The summed E-state index contributed by atoms with van der Waals surface area (Å²) >= 11 is 0. The topological polar surface area (TPSA) is 45.4 Å². The largest absolute Gasteiger partial charge is 0.351 e. The average Bonchev–Trinajstić information content (AvgIpc) is 2.46. The van der Waals surface area contributed by atoms with E-state index in [0.717, 1.165) is 18.9 Å². The number of hydrogen-bond donors (Lipinski definition) is 1. The summed E-state index contributed by atoms with van der Waals surface area (Å²) in [6.07, 6.45) is 5.94. The molecule has 2 fully saturated rings. The molecule has 19 heavy (non-hydrogen) atoms. The molecule has 0 bridgehead atoms. The molecule has 2 N–H and O–H groups in total. The van der Waals surface area contributed by atoms with Crippen LogP contribution in [0.25, 0.3) is 0 Å². The van der Waals surface area contributed by atoms with Crippen molar-refractivity contribution in [1.82, 2.24) is 9.88 Å². The van der Waals surface area contributed by atoms with Crippen LogP contribution in [0.4, 0.5) is 5.82 Å². The number of pyridine rings is 1. The number of anilines is 1. The van der Waals surface area contributed by atoms with Gasteiger partial charge < -0.3 is 10.6 Å². The predicted octanol–water partition coefficient (Wildman–Crippen LogP) is 1.60. The molecular formula is C15H24N4. The van der Waals surface area contributed by atoms with Crippen LogP contribution < -0.4 is 10.6 Å². The number of piperidine rings is 1. The molecule has 1 aromatic rings. The van der Waals surface area contributed by atoms with E-state index in [1.807, 2.05) is 12.3 Å². The van der Waals surface area contributed by atoms with Crippen LogP contribution in [-0.2, 0) is 6.54 Å². The second-order valence-corrected chi connectivity index (χ2v) is 5.84. The Labute approximate surface area is 115 Å². The van der Waals surface area contributed by atoms with Crippen LogP contribution in [0.5, 0.6) is 0 Å². The van der Waals surface area contributed by atoms with E-state index >= 15 is 0 Å². The Hall–Kier alpha value is -1.13. The smallest absolute Gasteiger partial charge is 0.133 e. The third kappa shape index (κ3) is 2.47. The average molecular weight is 260 g/mol. The molecule has 0 aromatic carbocycles. The molecule has 4 heteroatoms. The molecule has 2 unspecified atom stereocenters. The van der Waals surface area contributed by atoms with Crippen LogP contribution in [0.15, 0.2) is 18.3 Å². The number of fused-ring (bicyclic) bond motifs is 1. The lowest BCUT2D eigenvalue weighted by atomic mass is 9.97. The van der Waals surface area contributed by atoms with Gasteiger partial charge in [-0.15, -0.1) is 0 Å². The second kappa shape index (κ2) is 5.47. The van der Waals surface area contributed by atoms with Gasteiger partial charge in [0.05, 0.1) is 0 Å². The zero-order valence-corrected chi connectivity index (χ0v) is 11.8. The van der Waals surface area contributed by atoms with E-state index in [1.54, 1.807) is 0 Å². The highest BCUT2D eigenvalue weighted by Gasteiger charge is 2.33. The third-order valence-electron chi connectivity index (χ3n) is 4.55. The number of aromatic nitrogens is 1. The SMILES string of the molecule is CC1CN2CCCCC2CN1c1ncccc1CN. The molecule has 3 heterocycles. The van der Waals surface area contributed by atoms with E-state index in [9.17, 15) is 0 Å². The van der Waals surface area contributed by atoms with Gasteiger partial charge in [0.15, 0.2) is 0 Å². The van der Waals surface area contributed by atoms with E-state index in [2.05, 4.69) is 27.8 Å². The summed E-state index contributed by atoms with van der Waals surface area (Å²) in [7, 11) is 0. The van der Waals surface area contributed by atoms with Crippen LogP contribution in [0.3, 0.4) is 0 Å². The minimum atomic E-state index is 0.523. The summed E-state index contributed by atoms with van der Waals surface area (Å²) in [6.45, 7) is 6.41. The summed E-state index contributed by atoms with van der Waals surface area (Å²) in [5.74, 6) is 1.10. The van der Waals surface area contributed by atoms with Crippen molar-refractivity contribution in [2.24, 2.45) is 5.73 Å². The summed E-state index contributed by atoms with van der Waals surface area (Å²) in [5.41, 5.74) is 7.02. The van der Waals surface area contributed by atoms with Gasteiger partial charge in [-0.3, -0.25) is 4.90 Å². The Morgan fingerprint density at radius 2 is 2.26 bits per heavy atom. The Morgan fingerprint density at radius 3 is 3.11 bits per heavy atom. The molecule has 0 aliphatic carbocycles. The van der Waals surface area contributed by atoms with Gasteiger partial charge in [-0.2, -0.15) is 0 Å². The lowest BCUT2D eigenvalue weighted by molar-refractivity contribution is 0.115. The van der Waals surface area contributed by atoms with Crippen LogP contribution in [0, 0.1) is 0 Å². The molecular weight excluding hydrogens is 236 g/mol. The molecule has 0 amide bonds. The first kappa shape index (κ1) is 12.9. The fraction of sp³-hybridized carbons (Fsp3) is 0.667. The number of hydrogen-bond acceptors (Lipinski definition) is 4. The van der Waals surface area contributed by atoms with Gasteiger partial charge in [-0.25, -0.2) is 4.98 Å². The molecule has 2 aliphatic heterocycles. The van der Waals surface area contributed by atoms with Crippen molar-refractivity contribution in [2.45, 2.75) is 44.8 Å². The van der Waals surface area contributed by atoms with Crippen molar-refractivity contribution in [1.29, 1.82) is 0 Å². The molecule has 3 rings (SSSR count). The third-order valence-corrected chi connectivity index (χ3v) is 4.55. The van der Waals surface area contributed by atoms with Gasteiger partial charge in [0.2, 0.25) is 0 Å². The highest BCUT2D eigenvalue weighted by Crippen LogP contribution is 2.28. The number of nitrogens with zero attached hydrogens (tertiary/aromatic N) is 3. The van der Waals surface area contributed by atoms with Gasteiger partial charge in [-0.1, -0.05) is 12.5 Å². The minimum Gasteiger partial charge on any atom is -0.351 e. The van der Waals surface area contributed by atoms with E-state index < -0.39 is 0 Å². The maximum Gasteiger partial charge on any atom is 0.133 e. The van der Waals surface area contributed by atoms with Crippen molar-refractivity contribution in [3.8, 4) is 0 Å². The lowest BCUT2D eigenvalue weighted by Crippen LogP contribution is -2.59. The van der Waals surface area contributed by atoms with Gasteiger partial charge >= 0.3 is 0 Å². The molecule has 4 nitrogen and oxygen atoms in total. The predicted molar refractivity (Wildman–Crippen MR) is 78.1 cm³/mol. The monoisotopic (exact) mass is 260 g/mol. The van der Waals surface area contributed by atoms with Crippen molar-refractivity contribution >= 4 is 5.82 Å². The summed E-state index contributed by atoms with van der Waals surface area (Å²) < 4.78 is 0. The zero-order chi connectivity index (χ0) is 13.2. The van der Waals surface area contributed by atoms with Crippen LogP contribution >= 0.6 is 0 Å². The first-order valence-corrected chi connectivity index (χ1v) is 7.44. The number of rotatable bonds is 2. The van der Waals surface area contributed by atoms with Crippen LogP contribution in [0.2, 0.25) is 0 Å². The first-order valence-electron chi connectivity index (χ1n) is 7.44. The Bertz CT molecular complexity index is 434. The number of piperazine rings is 1. The summed E-state index contributed by atoms with van der Waals surface area (Å²) in [5, 5.41) is 0. The highest BCUT2D eigenvalue weighted by atomic mass is 15.3. The van der Waals surface area contributed by atoms with E-state index in [4.69, 9.17) is 5.73 Å². The molecule has 1 aromatic heterocycles. The molecule has 2 atom stereocenters. The first-order chi connectivity index (χ1) is 9.29. The van der Waals surface area contributed by atoms with Crippen molar-refractivity contribution in [3.05, 3.63) is 23.9 Å². The molecule has 2 aliphatic rings. The Kier molecular flexibility index (Phi) is 3.71. The molecule has 0 spiro atoms. The van der Waals surface area contributed by atoms with E-state index in [1.165, 1.54) is 31.4 Å². The molecule has 0 saturated carbocycles. The zero-order valence-electron chi connectivity index (χ0n) is 11.8. The van der Waals surface area contributed by atoms with Gasteiger partial charge in [0.25, 0.3) is 0 Å². The van der Waals surface area contributed by atoms with Gasteiger partial charge in [0.1, 0.15) is 5.82 Å². The quantitative estimate of drug-likeness (QED) is 0.877. The molecule has 2 saturated heterocycles. The normalized spacial score (nSPS) is 28.2. The number of nitrogens with two attached hydrogens (primary N) is 1. The van der Waals surface area contributed by atoms with Gasteiger partial charge in [-0.05, 0) is 32.4 Å². The van der Waals surface area contributed by atoms with Crippen molar-refractivity contribution in [3.63, 3.8) is 0 Å². The van der Waals surface area contributed by atoms with Crippen LogP contribution in [-0.4, -0.2) is 41.6 Å². The van der Waals surface area contributed by atoms with Gasteiger partial charge in [0, 0.05) is 43.5 Å². The van der Waals surface area contributed by atoms with Crippen molar-refractivity contribution in [2.75, 3.05) is 24.5 Å². The standard InChI is InChI=1S/C15H24N4/c1-12-10-18-8-3-2-6-14(18)11-19(12)15-13(9-16)5-4-7-17-15/h4-5,7,12,14H,2-3,6,8-11,16H2,1H3. The Morgan fingerprint density at radius 1 is 1.37 bits per heavy atom. The summed E-state index contributed by atoms with van der Waals surface area (Å²) in [4.78, 5) is 9.72. The van der Waals surface area contributed by atoms with Crippen LogP contribution in [0.1, 0.15) is 31.7 Å². The molecule has 104 valence electrons. The fourth-order valence-electron chi connectivity index (χ4n) is 3.50.